The SMILES string of the molecule is C=C=CCC(O)(CC)c1ccccc1OC. The summed E-state index contributed by atoms with van der Waals surface area (Å²) in [7, 11) is 1.61. The van der Waals surface area contributed by atoms with Gasteiger partial charge in [0.05, 0.1) is 12.7 Å². The molecule has 0 aliphatic heterocycles. The van der Waals surface area contributed by atoms with E-state index in [0.717, 1.165) is 5.56 Å². The van der Waals surface area contributed by atoms with Crippen molar-refractivity contribution < 1.29 is 9.84 Å². The van der Waals surface area contributed by atoms with Crippen molar-refractivity contribution in [1.29, 1.82) is 0 Å². The molecule has 0 fully saturated rings. The van der Waals surface area contributed by atoms with Crippen molar-refractivity contribution in [2.45, 2.75) is 25.4 Å². The van der Waals surface area contributed by atoms with Crippen LogP contribution in [0, 0.1) is 0 Å². The van der Waals surface area contributed by atoms with Gasteiger partial charge in [0, 0.05) is 12.0 Å². The third kappa shape index (κ3) is 2.54. The molecule has 1 rings (SSSR count). The third-order valence-electron chi connectivity index (χ3n) is 2.78. The van der Waals surface area contributed by atoms with Crippen LogP contribution >= 0.6 is 0 Å². The smallest absolute Gasteiger partial charge is 0.124 e. The van der Waals surface area contributed by atoms with Crippen LogP contribution in [0.25, 0.3) is 0 Å². The fraction of sp³-hybridized carbons (Fsp3) is 0.357. The summed E-state index contributed by atoms with van der Waals surface area (Å²) in [6, 6.07) is 7.53. The molecule has 0 aliphatic carbocycles. The fourth-order valence-corrected chi connectivity index (χ4v) is 1.71. The van der Waals surface area contributed by atoms with Gasteiger partial charge in [-0.25, -0.2) is 0 Å². The average molecular weight is 218 g/mol. The Morgan fingerprint density at radius 3 is 2.75 bits per heavy atom. The van der Waals surface area contributed by atoms with Gasteiger partial charge in [0.2, 0.25) is 0 Å². The first kappa shape index (κ1) is 12.6. The molecule has 0 saturated heterocycles. The van der Waals surface area contributed by atoms with Gasteiger partial charge in [0.1, 0.15) is 5.75 Å². The van der Waals surface area contributed by atoms with Crippen molar-refractivity contribution in [1.82, 2.24) is 0 Å². The molecule has 1 unspecified atom stereocenters. The summed E-state index contributed by atoms with van der Waals surface area (Å²) in [5, 5.41) is 10.6. The van der Waals surface area contributed by atoms with E-state index >= 15 is 0 Å². The summed E-state index contributed by atoms with van der Waals surface area (Å²) in [6.07, 6.45) is 2.86. The number of rotatable bonds is 5. The summed E-state index contributed by atoms with van der Waals surface area (Å²) in [6.45, 7) is 5.46. The van der Waals surface area contributed by atoms with Gasteiger partial charge in [-0.15, -0.1) is 5.73 Å². The lowest BCUT2D eigenvalue weighted by molar-refractivity contribution is 0.0332. The Kier molecular flexibility index (Phi) is 4.36. The van der Waals surface area contributed by atoms with E-state index in [-0.39, 0.29) is 0 Å². The van der Waals surface area contributed by atoms with Gasteiger partial charge in [0.15, 0.2) is 0 Å². The quantitative estimate of drug-likeness (QED) is 0.770. The molecule has 0 aliphatic rings. The molecule has 2 heteroatoms. The second kappa shape index (κ2) is 5.55. The molecule has 0 amide bonds. The van der Waals surface area contributed by atoms with E-state index in [1.54, 1.807) is 13.2 Å². The Labute approximate surface area is 96.9 Å². The Hall–Kier alpha value is -1.50. The standard InChI is InChI=1S/C14H18O2/c1-4-6-11-14(15,5-2)12-9-7-8-10-13(12)16-3/h6-10,15H,1,5,11H2,2-3H3. The van der Waals surface area contributed by atoms with Crippen molar-refractivity contribution in [2.24, 2.45) is 0 Å². The minimum absolute atomic E-state index is 0.493. The molecule has 0 saturated carbocycles. The second-order valence-electron chi connectivity index (χ2n) is 3.70. The minimum atomic E-state index is -0.905. The van der Waals surface area contributed by atoms with E-state index < -0.39 is 5.60 Å². The molecular formula is C14H18O2. The summed E-state index contributed by atoms with van der Waals surface area (Å²) in [5.41, 5.74) is 2.60. The van der Waals surface area contributed by atoms with Crippen LogP contribution in [-0.4, -0.2) is 12.2 Å². The Morgan fingerprint density at radius 1 is 1.50 bits per heavy atom. The molecule has 16 heavy (non-hydrogen) atoms. The van der Waals surface area contributed by atoms with Gasteiger partial charge in [-0.1, -0.05) is 31.7 Å². The van der Waals surface area contributed by atoms with E-state index in [1.807, 2.05) is 31.2 Å². The zero-order valence-electron chi connectivity index (χ0n) is 9.86. The van der Waals surface area contributed by atoms with Crippen molar-refractivity contribution in [3.8, 4) is 5.75 Å². The van der Waals surface area contributed by atoms with Gasteiger partial charge >= 0.3 is 0 Å². The number of methoxy groups -OCH3 is 1. The maximum atomic E-state index is 10.6. The molecule has 0 heterocycles. The highest BCUT2D eigenvalue weighted by Crippen LogP contribution is 2.35. The summed E-state index contributed by atoms with van der Waals surface area (Å²) >= 11 is 0. The Morgan fingerprint density at radius 2 is 2.19 bits per heavy atom. The molecule has 0 spiro atoms. The minimum Gasteiger partial charge on any atom is -0.496 e. The summed E-state index contributed by atoms with van der Waals surface area (Å²) in [5.74, 6) is 0.712. The zero-order chi connectivity index (χ0) is 12.0. The first-order valence-corrected chi connectivity index (χ1v) is 5.38. The zero-order valence-corrected chi connectivity index (χ0v) is 9.86. The number of hydrogen-bond acceptors (Lipinski definition) is 2. The fourth-order valence-electron chi connectivity index (χ4n) is 1.71. The van der Waals surface area contributed by atoms with Gasteiger partial charge < -0.3 is 9.84 Å². The lowest BCUT2D eigenvalue weighted by Crippen LogP contribution is -2.24. The van der Waals surface area contributed by atoms with Crippen molar-refractivity contribution >= 4 is 0 Å². The molecule has 1 aromatic carbocycles. The molecule has 0 aromatic heterocycles. The van der Waals surface area contributed by atoms with Crippen LogP contribution in [0.15, 0.2) is 42.7 Å². The average Bonchev–Trinajstić information content (AvgIpc) is 2.36. The van der Waals surface area contributed by atoms with Gasteiger partial charge in [-0.3, -0.25) is 0 Å². The lowest BCUT2D eigenvalue weighted by Gasteiger charge is -2.27. The predicted octanol–water partition coefficient (Wildman–Crippen LogP) is 3.02. The van der Waals surface area contributed by atoms with Gasteiger partial charge in [-0.2, -0.15) is 0 Å². The van der Waals surface area contributed by atoms with Crippen LogP contribution in [0.4, 0.5) is 0 Å². The van der Waals surface area contributed by atoms with E-state index in [1.165, 1.54) is 0 Å². The number of para-hydroxylation sites is 1. The summed E-state index contributed by atoms with van der Waals surface area (Å²) in [4.78, 5) is 0. The molecule has 1 aromatic rings. The Bertz CT molecular complexity index is 391. The number of ether oxygens (including phenoxy) is 1. The van der Waals surface area contributed by atoms with Crippen molar-refractivity contribution in [3.05, 3.63) is 48.2 Å². The van der Waals surface area contributed by atoms with Crippen LogP contribution in [0.2, 0.25) is 0 Å². The topological polar surface area (TPSA) is 29.5 Å². The molecule has 0 bridgehead atoms. The molecule has 1 atom stereocenters. The van der Waals surface area contributed by atoms with E-state index in [2.05, 4.69) is 12.3 Å². The number of hydrogen-bond donors (Lipinski definition) is 1. The normalized spacial score (nSPS) is 13.7. The van der Waals surface area contributed by atoms with E-state index in [4.69, 9.17) is 4.74 Å². The van der Waals surface area contributed by atoms with Crippen LogP contribution in [0.5, 0.6) is 5.75 Å². The molecule has 86 valence electrons. The van der Waals surface area contributed by atoms with E-state index in [0.29, 0.717) is 18.6 Å². The first-order chi connectivity index (χ1) is 7.68. The molecular weight excluding hydrogens is 200 g/mol. The largest absolute Gasteiger partial charge is 0.496 e. The van der Waals surface area contributed by atoms with Crippen LogP contribution in [-0.2, 0) is 5.60 Å². The van der Waals surface area contributed by atoms with E-state index in [9.17, 15) is 5.11 Å². The van der Waals surface area contributed by atoms with Gasteiger partial charge in [-0.05, 0) is 18.6 Å². The highest BCUT2D eigenvalue weighted by Gasteiger charge is 2.28. The van der Waals surface area contributed by atoms with Crippen LogP contribution in [0.3, 0.4) is 0 Å². The third-order valence-corrected chi connectivity index (χ3v) is 2.78. The highest BCUT2D eigenvalue weighted by molar-refractivity contribution is 5.38. The molecule has 2 nitrogen and oxygen atoms in total. The molecule has 1 N–H and O–H groups in total. The van der Waals surface area contributed by atoms with Gasteiger partial charge in [0.25, 0.3) is 0 Å². The van der Waals surface area contributed by atoms with Crippen molar-refractivity contribution in [3.63, 3.8) is 0 Å². The summed E-state index contributed by atoms with van der Waals surface area (Å²) < 4.78 is 5.26. The van der Waals surface area contributed by atoms with Crippen molar-refractivity contribution in [2.75, 3.05) is 7.11 Å². The highest BCUT2D eigenvalue weighted by atomic mass is 16.5. The van der Waals surface area contributed by atoms with Crippen LogP contribution in [0.1, 0.15) is 25.3 Å². The maximum absolute atomic E-state index is 10.6. The number of aliphatic hydroxyl groups is 1. The second-order valence-corrected chi connectivity index (χ2v) is 3.70. The Balaban J connectivity index is 3.15. The number of benzene rings is 1. The molecule has 0 radical (unpaired) electrons. The first-order valence-electron chi connectivity index (χ1n) is 5.38. The van der Waals surface area contributed by atoms with Crippen LogP contribution < -0.4 is 4.74 Å². The maximum Gasteiger partial charge on any atom is 0.124 e. The lowest BCUT2D eigenvalue weighted by atomic mass is 9.87. The predicted molar refractivity (Wildman–Crippen MR) is 65.5 cm³/mol. The monoisotopic (exact) mass is 218 g/mol.